The summed E-state index contributed by atoms with van der Waals surface area (Å²) in [6.45, 7) is 4.14. The number of hydrogen-bond acceptors (Lipinski definition) is 8. The molecule has 0 aliphatic carbocycles. The zero-order valence-corrected chi connectivity index (χ0v) is 34.4. The van der Waals surface area contributed by atoms with Crippen LogP contribution in [0.3, 0.4) is 0 Å². The van der Waals surface area contributed by atoms with Gasteiger partial charge in [-0.2, -0.15) is 0 Å². The van der Waals surface area contributed by atoms with Crippen LogP contribution in [0.4, 0.5) is 0 Å². The molecule has 51 heavy (non-hydrogen) atoms. The third-order valence-corrected chi connectivity index (χ3v) is 9.67. The van der Waals surface area contributed by atoms with Crippen molar-refractivity contribution in [3.8, 4) is 0 Å². The van der Waals surface area contributed by atoms with Crippen LogP contribution in [0, 0.1) is 0 Å². The van der Waals surface area contributed by atoms with Crippen LogP contribution in [0.1, 0.15) is 174 Å². The lowest BCUT2D eigenvalue weighted by molar-refractivity contribution is -0.870. The molecule has 0 heterocycles. The largest absolute Gasteiger partial charge is 0.756 e. The number of esters is 2. The average Bonchev–Trinajstić information content (AvgIpc) is 3.07. The molecule has 9 nitrogen and oxygen atoms in total. The molecule has 1 unspecified atom stereocenters. The topological polar surface area (TPSA) is 111 Å². The molecule has 10 heteroatoms. The first-order chi connectivity index (χ1) is 24.5. The van der Waals surface area contributed by atoms with Gasteiger partial charge in [-0.25, -0.2) is 0 Å². The molecule has 0 aliphatic rings. The Kier molecular flexibility index (Phi) is 33.3. The lowest BCUT2D eigenvalue weighted by Gasteiger charge is -2.28. The molecule has 0 spiro atoms. The first kappa shape index (κ1) is 49.5. The average molecular weight is 744 g/mol. The highest BCUT2D eigenvalue weighted by atomic mass is 31.2. The predicted octanol–water partition coefficient (Wildman–Crippen LogP) is 10.6. The van der Waals surface area contributed by atoms with E-state index in [0.717, 1.165) is 44.9 Å². The predicted molar refractivity (Wildman–Crippen MR) is 208 cm³/mol. The van der Waals surface area contributed by atoms with Gasteiger partial charge in [0.25, 0.3) is 7.82 Å². The number of phosphoric acid groups is 1. The third kappa shape index (κ3) is 38.0. The van der Waals surface area contributed by atoms with E-state index in [1.807, 2.05) is 27.2 Å². The summed E-state index contributed by atoms with van der Waals surface area (Å²) in [5.41, 5.74) is 0. The van der Waals surface area contributed by atoms with E-state index >= 15 is 0 Å². The van der Waals surface area contributed by atoms with E-state index in [1.54, 1.807) is 0 Å². The number of carbonyl (C=O) groups is 2. The quantitative estimate of drug-likeness (QED) is 0.0203. The maximum atomic E-state index is 12.6. The van der Waals surface area contributed by atoms with E-state index in [0.29, 0.717) is 23.9 Å². The van der Waals surface area contributed by atoms with E-state index in [4.69, 9.17) is 18.5 Å². The van der Waals surface area contributed by atoms with Crippen molar-refractivity contribution in [2.45, 2.75) is 180 Å². The van der Waals surface area contributed by atoms with Gasteiger partial charge in [-0.05, 0) is 51.4 Å². The Morgan fingerprint density at radius 3 is 1.57 bits per heavy atom. The zero-order chi connectivity index (χ0) is 37.9. The van der Waals surface area contributed by atoms with Crippen molar-refractivity contribution in [2.75, 3.05) is 47.5 Å². The lowest BCUT2D eigenvalue weighted by atomic mass is 10.1. The molecule has 0 saturated carbocycles. The summed E-state index contributed by atoms with van der Waals surface area (Å²) in [6.07, 6.45) is 35.0. The van der Waals surface area contributed by atoms with Gasteiger partial charge in [0.15, 0.2) is 6.10 Å². The number of rotatable bonds is 37. The molecular formula is C41H78NO8P. The minimum Gasteiger partial charge on any atom is -0.756 e. The van der Waals surface area contributed by atoms with Crippen molar-refractivity contribution in [1.29, 1.82) is 0 Å². The van der Waals surface area contributed by atoms with E-state index in [-0.39, 0.29) is 26.1 Å². The molecule has 0 fully saturated rings. The molecule has 0 aromatic heterocycles. The second-order valence-corrected chi connectivity index (χ2v) is 16.4. The molecule has 0 radical (unpaired) electrons. The van der Waals surface area contributed by atoms with Crippen LogP contribution >= 0.6 is 7.82 Å². The van der Waals surface area contributed by atoms with Crippen molar-refractivity contribution in [3.05, 3.63) is 24.3 Å². The summed E-state index contributed by atoms with van der Waals surface area (Å²) in [5.74, 6) is -0.901. The molecule has 300 valence electrons. The van der Waals surface area contributed by atoms with Crippen LogP contribution in [0.15, 0.2) is 24.3 Å². The Morgan fingerprint density at radius 2 is 1.04 bits per heavy atom. The SMILES string of the molecule is CCCCC/C=C/CCCCCCCC(=O)OC[C@H](COP(=O)([O-])OCC[N+](C)(C)C)OC(=O)CC/C=C/CCCCCCCCCCCCC. The third-order valence-electron chi connectivity index (χ3n) is 8.71. The Bertz CT molecular complexity index is 933. The molecule has 0 aromatic rings. The van der Waals surface area contributed by atoms with Crippen LogP contribution in [-0.4, -0.2) is 70.0 Å². The number of quaternary nitrogens is 1. The van der Waals surface area contributed by atoms with Gasteiger partial charge in [0.2, 0.25) is 0 Å². The fourth-order valence-electron chi connectivity index (χ4n) is 5.43. The summed E-state index contributed by atoms with van der Waals surface area (Å²) < 4.78 is 33.7. The van der Waals surface area contributed by atoms with Crippen LogP contribution < -0.4 is 4.89 Å². The van der Waals surface area contributed by atoms with Gasteiger partial charge in [-0.3, -0.25) is 14.2 Å². The normalized spacial score (nSPS) is 13.9. The second kappa shape index (κ2) is 34.3. The Labute approximate surface area is 313 Å². The summed E-state index contributed by atoms with van der Waals surface area (Å²) >= 11 is 0. The van der Waals surface area contributed by atoms with Gasteiger partial charge in [-0.1, -0.05) is 134 Å². The Balaban J connectivity index is 4.45. The van der Waals surface area contributed by atoms with Gasteiger partial charge in [0.05, 0.1) is 27.7 Å². The molecule has 0 amide bonds. The molecule has 0 bridgehead atoms. The fraction of sp³-hybridized carbons (Fsp3) is 0.854. The van der Waals surface area contributed by atoms with Crippen molar-refractivity contribution in [2.24, 2.45) is 0 Å². The minimum absolute atomic E-state index is 0.0367. The number of phosphoric ester groups is 1. The van der Waals surface area contributed by atoms with Crippen molar-refractivity contribution in [3.63, 3.8) is 0 Å². The number of allylic oxidation sites excluding steroid dienone is 4. The van der Waals surface area contributed by atoms with Crippen LogP contribution in [-0.2, 0) is 32.7 Å². The number of hydrogen-bond donors (Lipinski definition) is 0. The monoisotopic (exact) mass is 744 g/mol. The van der Waals surface area contributed by atoms with Gasteiger partial charge < -0.3 is 27.9 Å². The maximum absolute atomic E-state index is 12.6. The summed E-state index contributed by atoms with van der Waals surface area (Å²) in [5, 5.41) is 0. The number of carbonyl (C=O) groups excluding carboxylic acids is 2. The molecule has 0 aliphatic heterocycles. The highest BCUT2D eigenvalue weighted by Crippen LogP contribution is 2.38. The first-order valence-electron chi connectivity index (χ1n) is 20.5. The minimum atomic E-state index is -4.63. The van der Waals surface area contributed by atoms with Crippen molar-refractivity contribution < 1.29 is 42.1 Å². The van der Waals surface area contributed by atoms with E-state index < -0.39 is 32.5 Å². The van der Waals surface area contributed by atoms with Crippen LogP contribution in [0.2, 0.25) is 0 Å². The first-order valence-corrected chi connectivity index (χ1v) is 22.0. The zero-order valence-electron chi connectivity index (χ0n) is 33.6. The standard InChI is InChI=1S/C41H78NO8P/c1-6-8-10-12-14-16-18-20-21-22-24-26-28-30-32-34-41(44)50-39(38-49-51(45,46)48-36-35-42(3,4)5)37-47-40(43)33-31-29-27-25-23-19-17-15-13-11-9-7-2/h15,17,28,30,39H,6-14,16,18-27,29,31-38H2,1-5H3/b17-15+,30-28+/t39-/m1/s1. The van der Waals surface area contributed by atoms with Gasteiger partial charge in [0, 0.05) is 12.8 Å². The Morgan fingerprint density at radius 1 is 0.588 bits per heavy atom. The van der Waals surface area contributed by atoms with Crippen molar-refractivity contribution in [1.82, 2.24) is 0 Å². The van der Waals surface area contributed by atoms with E-state index in [2.05, 4.69) is 32.1 Å². The van der Waals surface area contributed by atoms with E-state index in [1.165, 1.54) is 89.9 Å². The van der Waals surface area contributed by atoms with E-state index in [9.17, 15) is 19.0 Å². The number of unbranched alkanes of at least 4 members (excludes halogenated alkanes) is 19. The molecule has 0 aromatic carbocycles. The van der Waals surface area contributed by atoms with Gasteiger partial charge in [0.1, 0.15) is 19.8 Å². The van der Waals surface area contributed by atoms with Gasteiger partial charge >= 0.3 is 11.9 Å². The van der Waals surface area contributed by atoms with Gasteiger partial charge in [-0.15, -0.1) is 0 Å². The highest BCUT2D eigenvalue weighted by molar-refractivity contribution is 7.45. The molecule has 0 N–H and O–H groups in total. The fourth-order valence-corrected chi connectivity index (χ4v) is 6.16. The summed E-state index contributed by atoms with van der Waals surface area (Å²) in [4.78, 5) is 37.3. The highest BCUT2D eigenvalue weighted by Gasteiger charge is 2.21. The second-order valence-electron chi connectivity index (χ2n) is 15.0. The smallest absolute Gasteiger partial charge is 0.306 e. The number of nitrogens with zero attached hydrogens (tertiary/aromatic N) is 1. The molecular weight excluding hydrogens is 665 g/mol. The summed E-state index contributed by atoms with van der Waals surface area (Å²) in [6, 6.07) is 0. The maximum Gasteiger partial charge on any atom is 0.306 e. The number of ether oxygens (including phenoxy) is 2. The van der Waals surface area contributed by atoms with Crippen molar-refractivity contribution >= 4 is 19.8 Å². The lowest BCUT2D eigenvalue weighted by Crippen LogP contribution is -2.37. The Hall–Kier alpha value is -1.51. The number of likely N-dealkylation sites (N-methyl/N-ethyl adjacent to an activating group) is 1. The molecule has 2 atom stereocenters. The molecule has 0 rings (SSSR count). The van der Waals surface area contributed by atoms with Crippen LogP contribution in [0.25, 0.3) is 0 Å². The molecule has 0 saturated heterocycles. The van der Waals surface area contributed by atoms with Crippen LogP contribution in [0.5, 0.6) is 0 Å². The summed E-state index contributed by atoms with van der Waals surface area (Å²) in [7, 11) is 1.14.